The maximum Gasteiger partial charge on any atom is 0.0983 e. The number of methoxy groups -OCH3 is 1. The summed E-state index contributed by atoms with van der Waals surface area (Å²) in [7, 11) is 1.75. The van der Waals surface area contributed by atoms with Crippen LogP contribution in [-0.2, 0) is 16.8 Å². The highest BCUT2D eigenvalue weighted by molar-refractivity contribution is 6.33. The first-order valence-corrected chi connectivity index (χ1v) is 9.35. The summed E-state index contributed by atoms with van der Waals surface area (Å²) in [6.07, 6.45) is 5.58. The van der Waals surface area contributed by atoms with Gasteiger partial charge in [0, 0.05) is 37.6 Å². The van der Waals surface area contributed by atoms with Crippen LogP contribution >= 0.6 is 11.6 Å². The monoisotopic (exact) mass is 363 g/mol. The van der Waals surface area contributed by atoms with Crippen molar-refractivity contribution in [2.45, 2.75) is 52.1 Å². The number of hydrogen-bond acceptors (Lipinski definition) is 3. The topological polar surface area (TPSA) is 39.1 Å². The number of rotatable bonds is 9. The van der Waals surface area contributed by atoms with Crippen LogP contribution in [0.2, 0.25) is 5.02 Å². The molecular weight excluding hydrogens is 334 g/mol. The molecule has 0 aliphatic carbocycles. The van der Waals surface area contributed by atoms with Gasteiger partial charge in [-0.15, -0.1) is 0 Å². The molecule has 0 spiro atoms. The molecule has 0 saturated heterocycles. The smallest absolute Gasteiger partial charge is 0.0983 e. The van der Waals surface area contributed by atoms with Crippen molar-refractivity contribution in [1.29, 1.82) is 0 Å². The van der Waals surface area contributed by atoms with E-state index in [2.05, 4.69) is 32.3 Å². The molecule has 1 aromatic heterocycles. The standard InChI is InChI=1S/C20H30ClN3O/c1-20(2,3)24-15-16(14-22-12-8-5-9-13-25-4)19(23-24)17-10-6-7-11-18(17)21/h6-7,10-11,15,22H,5,8-9,12-14H2,1-4H3. The molecule has 5 heteroatoms. The second kappa shape index (κ2) is 9.37. The number of halogens is 1. The molecule has 2 aromatic rings. The van der Waals surface area contributed by atoms with E-state index in [9.17, 15) is 0 Å². The van der Waals surface area contributed by atoms with Crippen LogP contribution in [0.3, 0.4) is 0 Å². The van der Waals surface area contributed by atoms with Gasteiger partial charge in [0.1, 0.15) is 0 Å². The van der Waals surface area contributed by atoms with E-state index in [1.54, 1.807) is 7.11 Å². The minimum atomic E-state index is -0.0611. The summed E-state index contributed by atoms with van der Waals surface area (Å²) in [5.41, 5.74) is 3.07. The minimum absolute atomic E-state index is 0.0611. The molecular formula is C20H30ClN3O. The molecule has 0 saturated carbocycles. The average Bonchev–Trinajstić information content (AvgIpc) is 2.99. The predicted octanol–water partition coefficient (Wildman–Crippen LogP) is 4.86. The fourth-order valence-corrected chi connectivity index (χ4v) is 2.88. The first-order valence-electron chi connectivity index (χ1n) is 8.97. The van der Waals surface area contributed by atoms with Crippen molar-refractivity contribution in [3.63, 3.8) is 0 Å². The van der Waals surface area contributed by atoms with Gasteiger partial charge in [-0.2, -0.15) is 5.10 Å². The molecule has 0 radical (unpaired) electrons. The van der Waals surface area contributed by atoms with Gasteiger partial charge in [0.15, 0.2) is 0 Å². The van der Waals surface area contributed by atoms with E-state index in [4.69, 9.17) is 21.4 Å². The lowest BCUT2D eigenvalue weighted by molar-refractivity contribution is 0.192. The maximum atomic E-state index is 6.41. The summed E-state index contributed by atoms with van der Waals surface area (Å²) < 4.78 is 7.11. The Hall–Kier alpha value is -1.36. The van der Waals surface area contributed by atoms with Crippen LogP contribution in [0.25, 0.3) is 11.3 Å². The largest absolute Gasteiger partial charge is 0.385 e. The number of ether oxygens (including phenoxy) is 1. The first-order chi connectivity index (χ1) is 11.9. The summed E-state index contributed by atoms with van der Waals surface area (Å²) >= 11 is 6.41. The molecule has 1 aromatic carbocycles. The third kappa shape index (κ3) is 5.84. The lowest BCUT2D eigenvalue weighted by atomic mass is 10.1. The molecule has 138 valence electrons. The second-order valence-corrected chi connectivity index (χ2v) is 7.74. The lowest BCUT2D eigenvalue weighted by Crippen LogP contribution is -2.22. The van der Waals surface area contributed by atoms with Gasteiger partial charge < -0.3 is 10.1 Å². The molecule has 0 amide bonds. The van der Waals surface area contributed by atoms with Gasteiger partial charge in [-0.1, -0.05) is 29.8 Å². The highest BCUT2D eigenvalue weighted by Crippen LogP contribution is 2.30. The SMILES string of the molecule is COCCCCCNCc1cn(C(C)(C)C)nc1-c1ccccc1Cl. The molecule has 25 heavy (non-hydrogen) atoms. The molecule has 0 bridgehead atoms. The minimum Gasteiger partial charge on any atom is -0.385 e. The fraction of sp³-hybridized carbons (Fsp3) is 0.550. The van der Waals surface area contributed by atoms with Crippen molar-refractivity contribution in [2.75, 3.05) is 20.3 Å². The van der Waals surface area contributed by atoms with Gasteiger partial charge in [-0.3, -0.25) is 4.68 Å². The fourth-order valence-electron chi connectivity index (χ4n) is 2.66. The van der Waals surface area contributed by atoms with Gasteiger partial charge in [0.25, 0.3) is 0 Å². The molecule has 0 fully saturated rings. The van der Waals surface area contributed by atoms with E-state index in [1.807, 2.05) is 28.9 Å². The Labute approximate surface area is 156 Å². The normalized spacial score (nSPS) is 11.9. The van der Waals surface area contributed by atoms with Crippen LogP contribution in [-0.4, -0.2) is 30.0 Å². The molecule has 0 aliphatic heterocycles. The van der Waals surface area contributed by atoms with Crippen molar-refractivity contribution in [2.24, 2.45) is 0 Å². The Morgan fingerprint density at radius 1 is 1.16 bits per heavy atom. The number of nitrogens with zero attached hydrogens (tertiary/aromatic N) is 2. The van der Waals surface area contributed by atoms with Gasteiger partial charge in [-0.05, 0) is 52.6 Å². The van der Waals surface area contributed by atoms with Gasteiger partial charge >= 0.3 is 0 Å². The summed E-state index contributed by atoms with van der Waals surface area (Å²) in [6, 6.07) is 7.90. The third-order valence-corrected chi connectivity index (χ3v) is 4.45. The lowest BCUT2D eigenvalue weighted by Gasteiger charge is -2.18. The van der Waals surface area contributed by atoms with Crippen molar-refractivity contribution in [3.8, 4) is 11.3 Å². The van der Waals surface area contributed by atoms with Gasteiger partial charge in [0.2, 0.25) is 0 Å². The van der Waals surface area contributed by atoms with E-state index >= 15 is 0 Å². The summed E-state index contributed by atoms with van der Waals surface area (Å²) in [6.45, 7) is 9.10. The van der Waals surface area contributed by atoms with Crippen molar-refractivity contribution in [3.05, 3.63) is 41.0 Å². The third-order valence-electron chi connectivity index (χ3n) is 4.12. The Morgan fingerprint density at radius 2 is 1.92 bits per heavy atom. The van der Waals surface area contributed by atoms with E-state index in [1.165, 1.54) is 12.0 Å². The summed E-state index contributed by atoms with van der Waals surface area (Å²) in [4.78, 5) is 0. The molecule has 4 nitrogen and oxygen atoms in total. The van der Waals surface area contributed by atoms with Crippen LogP contribution in [0.5, 0.6) is 0 Å². The van der Waals surface area contributed by atoms with Crippen LogP contribution in [0.15, 0.2) is 30.5 Å². The zero-order chi connectivity index (χ0) is 18.3. The van der Waals surface area contributed by atoms with Crippen LogP contribution in [0.1, 0.15) is 45.6 Å². The number of benzene rings is 1. The average molecular weight is 364 g/mol. The maximum absolute atomic E-state index is 6.41. The van der Waals surface area contributed by atoms with Gasteiger partial charge in [0.05, 0.1) is 16.3 Å². The Morgan fingerprint density at radius 3 is 2.60 bits per heavy atom. The Kier molecular flexibility index (Phi) is 7.48. The van der Waals surface area contributed by atoms with Crippen molar-refractivity contribution < 1.29 is 4.74 Å². The van der Waals surface area contributed by atoms with E-state index in [-0.39, 0.29) is 5.54 Å². The highest BCUT2D eigenvalue weighted by atomic mass is 35.5. The number of aromatic nitrogens is 2. The predicted molar refractivity (Wildman–Crippen MR) is 105 cm³/mol. The molecule has 1 heterocycles. The Bertz CT molecular complexity index is 661. The summed E-state index contributed by atoms with van der Waals surface area (Å²) in [5.74, 6) is 0. The van der Waals surface area contributed by atoms with E-state index < -0.39 is 0 Å². The van der Waals surface area contributed by atoms with Crippen LogP contribution in [0, 0.1) is 0 Å². The highest BCUT2D eigenvalue weighted by Gasteiger charge is 2.19. The van der Waals surface area contributed by atoms with Gasteiger partial charge in [-0.25, -0.2) is 0 Å². The Balaban J connectivity index is 2.08. The number of unbranched alkanes of at least 4 members (excludes halogenated alkanes) is 2. The zero-order valence-electron chi connectivity index (χ0n) is 15.8. The van der Waals surface area contributed by atoms with Crippen LogP contribution < -0.4 is 5.32 Å². The molecule has 0 atom stereocenters. The van der Waals surface area contributed by atoms with E-state index in [0.717, 1.165) is 48.8 Å². The molecule has 1 N–H and O–H groups in total. The molecule has 2 rings (SSSR count). The second-order valence-electron chi connectivity index (χ2n) is 7.33. The van der Waals surface area contributed by atoms with E-state index in [0.29, 0.717) is 0 Å². The van der Waals surface area contributed by atoms with Crippen LogP contribution in [0.4, 0.5) is 0 Å². The van der Waals surface area contributed by atoms with Crippen molar-refractivity contribution >= 4 is 11.6 Å². The molecule has 0 unspecified atom stereocenters. The zero-order valence-corrected chi connectivity index (χ0v) is 16.6. The number of nitrogens with one attached hydrogen (secondary N) is 1. The quantitative estimate of drug-likeness (QED) is 0.646. The molecule has 0 aliphatic rings. The van der Waals surface area contributed by atoms with Crippen molar-refractivity contribution in [1.82, 2.24) is 15.1 Å². The first kappa shape index (κ1) is 20.0. The summed E-state index contributed by atoms with van der Waals surface area (Å²) in [5, 5.41) is 9.10. The number of hydrogen-bond donors (Lipinski definition) is 1.